The minimum absolute atomic E-state index is 0.330. The van der Waals surface area contributed by atoms with Crippen molar-refractivity contribution in [3.63, 3.8) is 0 Å². The fourth-order valence-electron chi connectivity index (χ4n) is 1.52. The molecule has 0 fully saturated rings. The lowest BCUT2D eigenvalue weighted by molar-refractivity contribution is 0.414. The number of hydrogen-bond donors (Lipinski definition) is 1. The number of nitrogens with one attached hydrogen (secondary N) is 1. The van der Waals surface area contributed by atoms with E-state index in [2.05, 4.69) is 11.4 Å². The van der Waals surface area contributed by atoms with E-state index >= 15 is 0 Å². The summed E-state index contributed by atoms with van der Waals surface area (Å²) in [6.07, 6.45) is 0.838. The molecule has 0 aliphatic heterocycles. The summed E-state index contributed by atoms with van der Waals surface area (Å²) < 4.78 is 5.10. The molecule has 1 N–H and O–H groups in total. The summed E-state index contributed by atoms with van der Waals surface area (Å²) in [5, 5.41) is 12.9. The highest BCUT2D eigenvalue weighted by molar-refractivity contribution is 6.31. The predicted octanol–water partition coefficient (Wildman–Crippen LogP) is 3.03. The Morgan fingerprint density at radius 2 is 2.17 bits per heavy atom. The Balaban J connectivity index is 2.43. The van der Waals surface area contributed by atoms with E-state index in [-0.39, 0.29) is 5.41 Å². The third kappa shape index (κ3) is 4.56. The normalized spacial score (nSPS) is 11.1. The zero-order chi connectivity index (χ0) is 13.6. The molecule has 0 amide bonds. The van der Waals surface area contributed by atoms with Crippen LogP contribution in [0, 0.1) is 16.7 Å². The Morgan fingerprint density at radius 3 is 2.72 bits per heavy atom. The van der Waals surface area contributed by atoms with E-state index in [4.69, 9.17) is 21.6 Å². The molecule has 0 heterocycles. The van der Waals surface area contributed by atoms with Gasteiger partial charge in [-0.1, -0.05) is 17.7 Å². The summed E-state index contributed by atoms with van der Waals surface area (Å²) in [5.41, 5.74) is 0.753. The molecule has 0 radical (unpaired) electrons. The largest absolute Gasteiger partial charge is 0.497 e. The van der Waals surface area contributed by atoms with Gasteiger partial charge in [-0.15, -0.1) is 0 Å². The third-order valence-corrected chi connectivity index (χ3v) is 3.05. The van der Waals surface area contributed by atoms with Crippen LogP contribution in [0.15, 0.2) is 18.2 Å². The second-order valence-corrected chi connectivity index (χ2v) is 5.29. The fraction of sp³-hybridized carbons (Fsp3) is 0.500. The molecular weight excluding hydrogens is 248 g/mol. The average molecular weight is 267 g/mol. The molecule has 0 spiro atoms. The van der Waals surface area contributed by atoms with Gasteiger partial charge in [0.2, 0.25) is 0 Å². The maximum Gasteiger partial charge on any atom is 0.120 e. The minimum Gasteiger partial charge on any atom is -0.497 e. The van der Waals surface area contributed by atoms with Crippen LogP contribution in [0.4, 0.5) is 0 Å². The number of rotatable bonds is 6. The Morgan fingerprint density at radius 1 is 1.44 bits per heavy atom. The maximum absolute atomic E-state index is 8.89. The fourth-order valence-corrected chi connectivity index (χ4v) is 1.79. The van der Waals surface area contributed by atoms with Crippen LogP contribution in [0.3, 0.4) is 0 Å². The van der Waals surface area contributed by atoms with E-state index in [0.717, 1.165) is 29.3 Å². The van der Waals surface area contributed by atoms with E-state index in [0.29, 0.717) is 6.54 Å². The first-order valence-electron chi connectivity index (χ1n) is 5.93. The smallest absolute Gasteiger partial charge is 0.120 e. The lowest BCUT2D eigenvalue weighted by Crippen LogP contribution is -2.29. The van der Waals surface area contributed by atoms with Crippen LogP contribution in [-0.2, 0) is 6.42 Å². The SMILES string of the molecule is COc1ccc(CCNCC(C)(C)C#N)c(Cl)c1. The molecule has 0 saturated heterocycles. The molecule has 1 aromatic carbocycles. The van der Waals surface area contributed by atoms with Gasteiger partial charge in [0.25, 0.3) is 0 Å². The van der Waals surface area contributed by atoms with Gasteiger partial charge < -0.3 is 10.1 Å². The molecule has 0 aliphatic carbocycles. The number of methoxy groups -OCH3 is 1. The van der Waals surface area contributed by atoms with Gasteiger partial charge in [0.1, 0.15) is 5.75 Å². The minimum atomic E-state index is -0.330. The number of ether oxygens (including phenoxy) is 1. The Bertz CT molecular complexity index is 438. The van der Waals surface area contributed by atoms with E-state index in [9.17, 15) is 0 Å². The lowest BCUT2D eigenvalue weighted by atomic mass is 9.96. The molecule has 0 atom stereocenters. The Hall–Kier alpha value is -1.24. The molecule has 0 aromatic heterocycles. The van der Waals surface area contributed by atoms with Crippen molar-refractivity contribution in [1.29, 1.82) is 5.26 Å². The van der Waals surface area contributed by atoms with Gasteiger partial charge in [0, 0.05) is 11.6 Å². The molecule has 0 saturated carbocycles. The van der Waals surface area contributed by atoms with Crippen molar-refractivity contribution >= 4 is 11.6 Å². The maximum atomic E-state index is 8.89. The molecule has 0 bridgehead atoms. The Kier molecular flexibility index (Phi) is 5.46. The second kappa shape index (κ2) is 6.63. The third-order valence-electron chi connectivity index (χ3n) is 2.70. The van der Waals surface area contributed by atoms with Crippen molar-refractivity contribution in [2.24, 2.45) is 5.41 Å². The van der Waals surface area contributed by atoms with Crippen LogP contribution in [0.5, 0.6) is 5.75 Å². The van der Waals surface area contributed by atoms with Gasteiger partial charge in [-0.25, -0.2) is 0 Å². The molecule has 1 rings (SSSR count). The molecule has 18 heavy (non-hydrogen) atoms. The predicted molar refractivity (Wildman–Crippen MR) is 74.0 cm³/mol. The van der Waals surface area contributed by atoms with Gasteiger partial charge in [0.05, 0.1) is 18.6 Å². The zero-order valence-corrected chi connectivity index (χ0v) is 11.8. The highest BCUT2D eigenvalue weighted by Crippen LogP contribution is 2.22. The molecular formula is C14H19ClN2O. The first-order chi connectivity index (χ1) is 8.48. The number of halogens is 1. The van der Waals surface area contributed by atoms with Crippen molar-refractivity contribution in [2.75, 3.05) is 20.2 Å². The summed E-state index contributed by atoms with van der Waals surface area (Å²) in [4.78, 5) is 0. The van der Waals surface area contributed by atoms with Crippen molar-refractivity contribution in [3.8, 4) is 11.8 Å². The van der Waals surface area contributed by atoms with Crippen LogP contribution < -0.4 is 10.1 Å². The molecule has 1 aromatic rings. The standard InChI is InChI=1S/C14H19ClN2O/c1-14(2,9-16)10-17-7-6-11-4-5-12(18-3)8-13(11)15/h4-5,8,17H,6-7,10H2,1-3H3. The van der Waals surface area contributed by atoms with Crippen molar-refractivity contribution < 1.29 is 4.74 Å². The van der Waals surface area contributed by atoms with Crippen LogP contribution in [0.2, 0.25) is 5.02 Å². The molecule has 0 aliphatic rings. The first-order valence-corrected chi connectivity index (χ1v) is 6.31. The number of nitrogens with zero attached hydrogens (tertiary/aromatic N) is 1. The summed E-state index contributed by atoms with van der Waals surface area (Å²) in [5.74, 6) is 0.766. The topological polar surface area (TPSA) is 45.0 Å². The summed E-state index contributed by atoms with van der Waals surface area (Å²) >= 11 is 6.14. The second-order valence-electron chi connectivity index (χ2n) is 4.88. The van der Waals surface area contributed by atoms with Gasteiger partial charge in [0.15, 0.2) is 0 Å². The quantitative estimate of drug-likeness (QED) is 0.805. The monoisotopic (exact) mass is 266 g/mol. The van der Waals surface area contributed by atoms with Crippen molar-refractivity contribution in [3.05, 3.63) is 28.8 Å². The summed E-state index contributed by atoms with van der Waals surface area (Å²) in [6.45, 7) is 5.31. The van der Waals surface area contributed by atoms with E-state index in [1.165, 1.54) is 0 Å². The number of hydrogen-bond acceptors (Lipinski definition) is 3. The van der Waals surface area contributed by atoms with E-state index < -0.39 is 0 Å². The molecule has 4 heteroatoms. The summed E-state index contributed by atoms with van der Waals surface area (Å²) in [7, 11) is 1.62. The van der Waals surface area contributed by atoms with Crippen LogP contribution in [-0.4, -0.2) is 20.2 Å². The number of benzene rings is 1. The Labute approximate surface area is 114 Å². The molecule has 0 unspecified atom stereocenters. The van der Waals surface area contributed by atoms with Crippen LogP contribution in [0.25, 0.3) is 0 Å². The summed E-state index contributed by atoms with van der Waals surface area (Å²) in [6, 6.07) is 7.95. The molecule has 98 valence electrons. The average Bonchev–Trinajstić information content (AvgIpc) is 2.36. The van der Waals surface area contributed by atoms with Gasteiger partial charge in [-0.2, -0.15) is 5.26 Å². The van der Waals surface area contributed by atoms with E-state index in [1.807, 2.05) is 32.0 Å². The highest BCUT2D eigenvalue weighted by Gasteiger charge is 2.15. The van der Waals surface area contributed by atoms with E-state index in [1.54, 1.807) is 7.11 Å². The van der Waals surface area contributed by atoms with Crippen LogP contribution >= 0.6 is 11.6 Å². The lowest BCUT2D eigenvalue weighted by Gasteiger charge is -2.16. The van der Waals surface area contributed by atoms with Gasteiger partial charge >= 0.3 is 0 Å². The van der Waals surface area contributed by atoms with Gasteiger partial charge in [-0.3, -0.25) is 0 Å². The van der Waals surface area contributed by atoms with Crippen molar-refractivity contribution in [2.45, 2.75) is 20.3 Å². The van der Waals surface area contributed by atoms with Gasteiger partial charge in [-0.05, 0) is 44.5 Å². The first kappa shape index (κ1) is 14.8. The highest BCUT2D eigenvalue weighted by atomic mass is 35.5. The molecule has 3 nitrogen and oxygen atoms in total. The zero-order valence-electron chi connectivity index (χ0n) is 11.1. The number of nitriles is 1. The van der Waals surface area contributed by atoms with Crippen molar-refractivity contribution in [1.82, 2.24) is 5.32 Å². The van der Waals surface area contributed by atoms with Crippen LogP contribution in [0.1, 0.15) is 19.4 Å².